The summed E-state index contributed by atoms with van der Waals surface area (Å²) in [5.41, 5.74) is 5.59. The fourth-order valence-electron chi connectivity index (χ4n) is 5.12. The first kappa shape index (κ1) is 24.8. The molecule has 0 spiro atoms. The first-order chi connectivity index (χ1) is 17.9. The van der Waals surface area contributed by atoms with Crippen LogP contribution in [-0.4, -0.2) is 60.0 Å². The van der Waals surface area contributed by atoms with Gasteiger partial charge in [-0.1, -0.05) is 24.3 Å². The highest BCUT2D eigenvalue weighted by Crippen LogP contribution is 2.30. The van der Waals surface area contributed by atoms with E-state index < -0.39 is 0 Å². The van der Waals surface area contributed by atoms with E-state index in [2.05, 4.69) is 34.3 Å². The molecule has 1 atom stereocenters. The molecule has 37 heavy (non-hydrogen) atoms. The van der Waals surface area contributed by atoms with Crippen molar-refractivity contribution < 1.29 is 14.4 Å². The first-order valence-electron chi connectivity index (χ1n) is 12.8. The Hall–Kier alpha value is -3.85. The van der Waals surface area contributed by atoms with Gasteiger partial charge in [0.25, 0.3) is 5.91 Å². The second kappa shape index (κ2) is 10.6. The van der Waals surface area contributed by atoms with E-state index in [0.717, 1.165) is 49.1 Å². The van der Waals surface area contributed by atoms with Gasteiger partial charge in [-0.25, -0.2) is 4.99 Å². The number of nitrogens with zero attached hydrogens (tertiary/aromatic N) is 3. The lowest BCUT2D eigenvalue weighted by Crippen LogP contribution is -2.45. The Morgan fingerprint density at radius 1 is 1.11 bits per heavy atom. The molecule has 0 saturated heterocycles. The molecule has 5 rings (SSSR count). The van der Waals surface area contributed by atoms with Crippen LogP contribution in [0.1, 0.15) is 48.2 Å². The number of anilines is 1. The van der Waals surface area contributed by atoms with E-state index >= 15 is 0 Å². The molecule has 1 unspecified atom stereocenters. The van der Waals surface area contributed by atoms with Crippen LogP contribution in [0.5, 0.6) is 0 Å². The summed E-state index contributed by atoms with van der Waals surface area (Å²) in [6.07, 6.45) is 10.8. The molecule has 1 aliphatic heterocycles. The van der Waals surface area contributed by atoms with E-state index in [4.69, 9.17) is 14.4 Å². The van der Waals surface area contributed by atoms with Gasteiger partial charge in [0.1, 0.15) is 11.6 Å². The van der Waals surface area contributed by atoms with Crippen molar-refractivity contribution in [2.75, 3.05) is 19.6 Å². The lowest BCUT2D eigenvalue weighted by molar-refractivity contribution is 0.0897. The van der Waals surface area contributed by atoms with Crippen LogP contribution in [0.4, 0.5) is 5.69 Å². The maximum absolute atomic E-state index is 12.9. The van der Waals surface area contributed by atoms with Gasteiger partial charge in [-0.3, -0.25) is 15.5 Å². The molecule has 2 aromatic rings. The van der Waals surface area contributed by atoms with Gasteiger partial charge in [-0.2, -0.15) is 4.99 Å². The van der Waals surface area contributed by atoms with Gasteiger partial charge < -0.3 is 20.0 Å². The van der Waals surface area contributed by atoms with E-state index in [9.17, 15) is 10.0 Å². The zero-order chi connectivity index (χ0) is 25.9. The fraction of sp³-hybridized carbons (Fsp3) is 0.393. The van der Waals surface area contributed by atoms with Crippen molar-refractivity contribution >= 4 is 23.4 Å². The first-order valence-corrected chi connectivity index (χ1v) is 12.8. The topological polar surface area (TPSA) is 114 Å². The number of amidine groups is 1. The molecule has 0 bridgehead atoms. The van der Waals surface area contributed by atoms with Crippen molar-refractivity contribution in [3.05, 3.63) is 65.5 Å². The highest BCUT2D eigenvalue weighted by atomic mass is 16.5. The number of fused-ring (bicyclic) bond motifs is 1. The van der Waals surface area contributed by atoms with Crippen LogP contribution < -0.4 is 16.1 Å². The molecule has 4 N–H and O–H groups in total. The highest BCUT2D eigenvalue weighted by Gasteiger charge is 2.29. The molecule has 1 saturated carbocycles. The summed E-state index contributed by atoms with van der Waals surface area (Å²) in [5.74, 6) is 2.21. The molecule has 194 valence electrons. The Labute approximate surface area is 217 Å². The van der Waals surface area contributed by atoms with Gasteiger partial charge in [-0.15, -0.1) is 0 Å². The number of benzene rings is 1. The Balaban J connectivity index is 1.16. The largest absolute Gasteiger partial charge is 0.451 e. The van der Waals surface area contributed by atoms with Crippen LogP contribution in [0.25, 0.3) is 11.3 Å². The normalized spacial score (nSPS) is 22.8. The summed E-state index contributed by atoms with van der Waals surface area (Å²) in [7, 11) is 4.02. The average Bonchev–Trinajstić information content (AvgIpc) is 3.39. The van der Waals surface area contributed by atoms with E-state index in [1.807, 2.05) is 44.1 Å². The third-order valence-corrected chi connectivity index (χ3v) is 7.09. The molecule has 1 amide bonds. The van der Waals surface area contributed by atoms with Crippen LogP contribution in [0, 0.1) is 6.92 Å². The number of amides is 1. The van der Waals surface area contributed by atoms with Crippen LogP contribution in [0.2, 0.25) is 0 Å². The highest BCUT2D eigenvalue weighted by molar-refractivity contribution is 6.08. The summed E-state index contributed by atoms with van der Waals surface area (Å²) in [6.45, 7) is 1.94. The Bertz CT molecular complexity index is 1280. The molecule has 9 nitrogen and oxygen atoms in total. The third kappa shape index (κ3) is 5.46. The van der Waals surface area contributed by atoms with E-state index in [1.165, 1.54) is 0 Å². The number of hydrogen-bond donors (Lipinski definition) is 4. The summed E-state index contributed by atoms with van der Waals surface area (Å²) < 4.78 is 5.83. The third-order valence-electron chi connectivity index (χ3n) is 7.09. The standard InChI is InChI=1S/C28H34N6O3/c1-17-8-13-20(23(16-17)33-36)24-14-15-25(37-24)27(35)29-18-9-11-19(12-10-18)30-28-31-22-7-5-4-6-21(22)26(32-28)34(2)3/h4-6,8,13-16,18-19,22,33,36H,7,9-12H2,1-3H3,(H,29,35)(H,30,31). The van der Waals surface area contributed by atoms with Crippen molar-refractivity contribution in [3.8, 4) is 11.3 Å². The number of carbonyl (C=O) groups is 1. The van der Waals surface area contributed by atoms with Gasteiger partial charge in [0.05, 0.1) is 11.7 Å². The second-order valence-corrected chi connectivity index (χ2v) is 10.1. The van der Waals surface area contributed by atoms with Crippen LogP contribution in [0.3, 0.4) is 0 Å². The van der Waals surface area contributed by atoms with Gasteiger partial charge in [-0.05, 0) is 68.9 Å². The smallest absolute Gasteiger partial charge is 0.287 e. The number of guanidine groups is 1. The van der Waals surface area contributed by atoms with Gasteiger partial charge >= 0.3 is 0 Å². The molecule has 2 aliphatic carbocycles. The number of aliphatic imine (C=N–C) groups is 2. The molecule has 9 heteroatoms. The number of furan rings is 1. The fourth-order valence-corrected chi connectivity index (χ4v) is 5.12. The summed E-state index contributed by atoms with van der Waals surface area (Å²) >= 11 is 0. The molecule has 1 aromatic carbocycles. The SMILES string of the molecule is Cc1ccc(-c2ccc(C(=O)NC3CCC(NC4=NC5CC=CC=C5C(N(C)C)=N4)CC3)o2)c(NO)c1. The van der Waals surface area contributed by atoms with Crippen LogP contribution >= 0.6 is 0 Å². The number of carbonyl (C=O) groups excluding carboxylic acids is 1. The molecule has 0 radical (unpaired) electrons. The van der Waals surface area contributed by atoms with Crippen molar-refractivity contribution in [2.24, 2.45) is 9.98 Å². The number of rotatable bonds is 5. The predicted octanol–water partition coefficient (Wildman–Crippen LogP) is 4.27. The van der Waals surface area contributed by atoms with E-state index in [0.29, 0.717) is 23.0 Å². The molecule has 2 heterocycles. The molecule has 1 aromatic heterocycles. The molecule has 3 aliphatic rings. The zero-order valence-electron chi connectivity index (χ0n) is 21.5. The number of nitrogens with one attached hydrogen (secondary N) is 3. The van der Waals surface area contributed by atoms with Gasteiger partial charge in [0, 0.05) is 37.3 Å². The Morgan fingerprint density at radius 2 is 1.89 bits per heavy atom. The zero-order valence-corrected chi connectivity index (χ0v) is 21.5. The van der Waals surface area contributed by atoms with Crippen molar-refractivity contribution in [1.29, 1.82) is 0 Å². The van der Waals surface area contributed by atoms with Crippen molar-refractivity contribution in [1.82, 2.24) is 15.5 Å². The number of hydrogen-bond acceptors (Lipinski definition) is 8. The summed E-state index contributed by atoms with van der Waals surface area (Å²) in [5, 5.41) is 16.1. The lowest BCUT2D eigenvalue weighted by atomic mass is 9.91. The molecule has 1 fully saturated rings. The number of aryl methyl sites for hydroxylation is 1. The second-order valence-electron chi connectivity index (χ2n) is 10.1. The minimum Gasteiger partial charge on any atom is -0.451 e. The summed E-state index contributed by atoms with van der Waals surface area (Å²) in [6, 6.07) is 9.48. The molecular formula is C28H34N6O3. The minimum atomic E-state index is -0.227. The van der Waals surface area contributed by atoms with Crippen molar-refractivity contribution in [3.63, 3.8) is 0 Å². The van der Waals surface area contributed by atoms with Crippen molar-refractivity contribution in [2.45, 2.75) is 57.2 Å². The average molecular weight is 503 g/mol. The number of likely N-dealkylation sites (N-methyl/N-ethyl adjacent to an activating group) is 1. The predicted molar refractivity (Wildman–Crippen MR) is 145 cm³/mol. The monoisotopic (exact) mass is 502 g/mol. The maximum Gasteiger partial charge on any atom is 0.287 e. The minimum absolute atomic E-state index is 0.0836. The maximum atomic E-state index is 12.9. The van der Waals surface area contributed by atoms with E-state index in [-0.39, 0.29) is 29.8 Å². The van der Waals surface area contributed by atoms with E-state index in [1.54, 1.807) is 12.1 Å². The van der Waals surface area contributed by atoms with Crippen LogP contribution in [0.15, 0.2) is 68.5 Å². The van der Waals surface area contributed by atoms with Crippen LogP contribution in [-0.2, 0) is 0 Å². The summed E-state index contributed by atoms with van der Waals surface area (Å²) in [4.78, 5) is 24.5. The molecular weight excluding hydrogens is 468 g/mol. The Kier molecular flexibility index (Phi) is 7.14. The number of allylic oxidation sites excluding steroid dienone is 2. The quantitative estimate of drug-likeness (QED) is 0.454. The lowest BCUT2D eigenvalue weighted by Gasteiger charge is -2.32. The van der Waals surface area contributed by atoms with Gasteiger partial charge in [0.2, 0.25) is 5.96 Å². The Morgan fingerprint density at radius 3 is 2.65 bits per heavy atom. The van der Waals surface area contributed by atoms with Gasteiger partial charge in [0.15, 0.2) is 5.76 Å².